The maximum atomic E-state index is 12.3. The largest absolute Gasteiger partial charge is 0.468 e. The second-order valence-electron chi connectivity index (χ2n) is 4.09. The molecule has 0 bridgehead atoms. The second kappa shape index (κ2) is 7.31. The number of ether oxygens (including phenoxy) is 1. The lowest BCUT2D eigenvalue weighted by Crippen LogP contribution is -2.25. The summed E-state index contributed by atoms with van der Waals surface area (Å²) in [4.78, 5) is 23.9. The van der Waals surface area contributed by atoms with Crippen LogP contribution < -0.4 is 0 Å². The Morgan fingerprint density at radius 1 is 1.39 bits per heavy atom. The first-order valence-corrected chi connectivity index (χ1v) is 6.77. The average Bonchev–Trinajstić information content (AvgIpc) is 2.38. The van der Waals surface area contributed by atoms with Crippen LogP contribution in [0.2, 0.25) is 0 Å². The molecule has 0 aliphatic rings. The van der Waals surface area contributed by atoms with Gasteiger partial charge in [-0.05, 0) is 18.6 Å². The van der Waals surface area contributed by atoms with Crippen molar-refractivity contribution in [3.8, 4) is 0 Å². The Labute approximate surface area is 116 Å². The van der Waals surface area contributed by atoms with E-state index in [1.165, 1.54) is 7.11 Å². The van der Waals surface area contributed by atoms with Crippen molar-refractivity contribution in [3.05, 3.63) is 34.3 Å². The Hall–Kier alpha value is -1.16. The van der Waals surface area contributed by atoms with Gasteiger partial charge in [0, 0.05) is 10.0 Å². The van der Waals surface area contributed by atoms with Crippen molar-refractivity contribution < 1.29 is 14.3 Å². The van der Waals surface area contributed by atoms with E-state index < -0.39 is 11.9 Å². The van der Waals surface area contributed by atoms with Crippen molar-refractivity contribution in [1.82, 2.24) is 0 Å². The zero-order chi connectivity index (χ0) is 13.5. The molecule has 0 aliphatic carbocycles. The molecule has 0 amide bonds. The molecule has 3 nitrogen and oxygen atoms in total. The predicted octanol–water partition coefficient (Wildman–Crippen LogP) is 3.61. The zero-order valence-corrected chi connectivity index (χ0v) is 12.2. The van der Waals surface area contributed by atoms with Gasteiger partial charge in [0.2, 0.25) is 0 Å². The quantitative estimate of drug-likeness (QED) is 0.458. The summed E-state index contributed by atoms with van der Waals surface area (Å²) in [6.45, 7) is 2.03. The van der Waals surface area contributed by atoms with E-state index in [1.807, 2.05) is 13.0 Å². The molecule has 0 fully saturated rings. The first-order valence-electron chi connectivity index (χ1n) is 5.97. The number of carbonyl (C=O) groups excluding carboxylic acids is 2. The lowest BCUT2D eigenvalue weighted by molar-refractivity contribution is -0.143. The van der Waals surface area contributed by atoms with Crippen molar-refractivity contribution in [2.75, 3.05) is 7.11 Å². The third-order valence-electron chi connectivity index (χ3n) is 2.76. The van der Waals surface area contributed by atoms with Crippen molar-refractivity contribution >= 4 is 27.7 Å². The molecule has 0 aromatic heterocycles. The van der Waals surface area contributed by atoms with Gasteiger partial charge in [-0.15, -0.1) is 0 Å². The standard InChI is InChI=1S/C14H17BrO3/c1-3-4-8-12(14(17)18-2)13(16)10-6-5-7-11(15)9-10/h5-7,9,12H,3-4,8H2,1-2H3. The Bertz CT molecular complexity index is 429. The van der Waals surface area contributed by atoms with Crippen LogP contribution in [0.5, 0.6) is 0 Å². The maximum Gasteiger partial charge on any atom is 0.316 e. The van der Waals surface area contributed by atoms with Crippen LogP contribution in [0.15, 0.2) is 28.7 Å². The zero-order valence-electron chi connectivity index (χ0n) is 10.6. The van der Waals surface area contributed by atoms with E-state index in [4.69, 9.17) is 4.74 Å². The first kappa shape index (κ1) is 14.9. The Morgan fingerprint density at radius 2 is 2.11 bits per heavy atom. The molecule has 1 aromatic carbocycles. The molecular formula is C14H17BrO3. The van der Waals surface area contributed by atoms with Crippen molar-refractivity contribution in [1.29, 1.82) is 0 Å². The first-order chi connectivity index (χ1) is 8.60. The number of ketones is 1. The number of halogens is 1. The highest BCUT2D eigenvalue weighted by molar-refractivity contribution is 9.10. The van der Waals surface area contributed by atoms with Gasteiger partial charge in [0.15, 0.2) is 5.78 Å². The maximum absolute atomic E-state index is 12.3. The van der Waals surface area contributed by atoms with Crippen LogP contribution in [0.4, 0.5) is 0 Å². The molecule has 0 saturated carbocycles. The van der Waals surface area contributed by atoms with Crippen LogP contribution >= 0.6 is 15.9 Å². The lowest BCUT2D eigenvalue weighted by atomic mass is 9.93. The van der Waals surface area contributed by atoms with Gasteiger partial charge in [0.1, 0.15) is 5.92 Å². The SMILES string of the molecule is CCCCC(C(=O)OC)C(=O)c1cccc(Br)c1. The van der Waals surface area contributed by atoms with Crippen LogP contribution in [-0.4, -0.2) is 18.9 Å². The summed E-state index contributed by atoms with van der Waals surface area (Å²) in [5.41, 5.74) is 0.538. The van der Waals surface area contributed by atoms with E-state index in [0.29, 0.717) is 12.0 Å². The summed E-state index contributed by atoms with van der Waals surface area (Å²) in [6.07, 6.45) is 2.31. The molecule has 0 saturated heterocycles. The fourth-order valence-corrected chi connectivity index (χ4v) is 2.15. The number of rotatable bonds is 6. The third kappa shape index (κ3) is 3.95. The van der Waals surface area contributed by atoms with Gasteiger partial charge in [-0.2, -0.15) is 0 Å². The smallest absolute Gasteiger partial charge is 0.316 e. The molecule has 0 N–H and O–H groups in total. The van der Waals surface area contributed by atoms with Gasteiger partial charge >= 0.3 is 5.97 Å². The van der Waals surface area contributed by atoms with E-state index in [9.17, 15) is 9.59 Å². The van der Waals surface area contributed by atoms with Crippen LogP contribution in [0, 0.1) is 5.92 Å². The number of Topliss-reactive ketones (excluding diaryl/α,β-unsaturated/α-hetero) is 1. The van der Waals surface area contributed by atoms with Gasteiger partial charge < -0.3 is 4.74 Å². The fraction of sp³-hybridized carbons (Fsp3) is 0.429. The number of benzene rings is 1. The van der Waals surface area contributed by atoms with Crippen LogP contribution in [0.25, 0.3) is 0 Å². The third-order valence-corrected chi connectivity index (χ3v) is 3.25. The summed E-state index contributed by atoms with van der Waals surface area (Å²) in [7, 11) is 1.31. The van der Waals surface area contributed by atoms with Crippen LogP contribution in [-0.2, 0) is 9.53 Å². The van der Waals surface area contributed by atoms with Crippen molar-refractivity contribution in [3.63, 3.8) is 0 Å². The minimum absolute atomic E-state index is 0.170. The number of carbonyl (C=O) groups is 2. The molecule has 0 spiro atoms. The molecule has 1 aromatic rings. The molecule has 1 unspecified atom stereocenters. The van der Waals surface area contributed by atoms with Gasteiger partial charge in [0.25, 0.3) is 0 Å². The molecule has 0 radical (unpaired) electrons. The van der Waals surface area contributed by atoms with Gasteiger partial charge in [-0.3, -0.25) is 9.59 Å². The highest BCUT2D eigenvalue weighted by atomic mass is 79.9. The molecular weight excluding hydrogens is 296 g/mol. The van der Waals surface area contributed by atoms with E-state index in [0.717, 1.165) is 17.3 Å². The van der Waals surface area contributed by atoms with E-state index in [1.54, 1.807) is 18.2 Å². The summed E-state index contributed by atoms with van der Waals surface area (Å²) < 4.78 is 5.54. The summed E-state index contributed by atoms with van der Waals surface area (Å²) in [5.74, 6) is -1.31. The van der Waals surface area contributed by atoms with Gasteiger partial charge in [-0.1, -0.05) is 47.8 Å². The average molecular weight is 313 g/mol. The van der Waals surface area contributed by atoms with Gasteiger partial charge in [0.05, 0.1) is 7.11 Å². The number of methoxy groups -OCH3 is 1. The van der Waals surface area contributed by atoms with Gasteiger partial charge in [-0.25, -0.2) is 0 Å². The van der Waals surface area contributed by atoms with E-state index >= 15 is 0 Å². The number of esters is 1. The molecule has 1 rings (SSSR count). The van der Waals surface area contributed by atoms with E-state index in [2.05, 4.69) is 15.9 Å². The monoisotopic (exact) mass is 312 g/mol. The minimum Gasteiger partial charge on any atom is -0.468 e. The second-order valence-corrected chi connectivity index (χ2v) is 5.01. The lowest BCUT2D eigenvalue weighted by Gasteiger charge is -2.13. The van der Waals surface area contributed by atoms with Crippen LogP contribution in [0.1, 0.15) is 36.5 Å². The summed E-state index contributed by atoms with van der Waals surface area (Å²) in [6, 6.07) is 7.07. The Balaban J connectivity index is 2.91. The summed E-state index contributed by atoms with van der Waals surface area (Å²) >= 11 is 3.32. The van der Waals surface area contributed by atoms with Crippen molar-refractivity contribution in [2.24, 2.45) is 5.92 Å². The molecule has 98 valence electrons. The van der Waals surface area contributed by atoms with E-state index in [-0.39, 0.29) is 5.78 Å². The highest BCUT2D eigenvalue weighted by Gasteiger charge is 2.27. The normalized spacial score (nSPS) is 11.9. The molecule has 0 aliphatic heterocycles. The van der Waals surface area contributed by atoms with Crippen molar-refractivity contribution in [2.45, 2.75) is 26.2 Å². The Morgan fingerprint density at radius 3 is 2.67 bits per heavy atom. The molecule has 18 heavy (non-hydrogen) atoms. The topological polar surface area (TPSA) is 43.4 Å². The summed E-state index contributed by atoms with van der Waals surface area (Å²) in [5, 5.41) is 0. The highest BCUT2D eigenvalue weighted by Crippen LogP contribution is 2.19. The number of hydrogen-bond donors (Lipinski definition) is 0. The Kier molecular flexibility index (Phi) is 6.05. The molecule has 0 heterocycles. The predicted molar refractivity (Wildman–Crippen MR) is 73.5 cm³/mol. The minimum atomic E-state index is -0.691. The van der Waals surface area contributed by atoms with Crippen LogP contribution in [0.3, 0.4) is 0 Å². The fourth-order valence-electron chi connectivity index (χ4n) is 1.75. The molecule has 1 atom stereocenters. The number of hydrogen-bond acceptors (Lipinski definition) is 3. The number of unbranched alkanes of at least 4 members (excludes halogenated alkanes) is 1. The molecule has 4 heteroatoms.